The van der Waals surface area contributed by atoms with E-state index in [4.69, 9.17) is 4.42 Å². The minimum Gasteiger partial charge on any atom is -0.467 e. The first kappa shape index (κ1) is 14.8. The number of amides is 1. The summed E-state index contributed by atoms with van der Waals surface area (Å²) in [6.45, 7) is 1.49. The molecule has 0 radical (unpaired) electrons. The molecule has 7 heteroatoms. The molecule has 1 aromatic carbocycles. The van der Waals surface area contributed by atoms with Crippen LogP contribution in [0.2, 0.25) is 0 Å². The number of benzene rings is 1. The second-order valence-electron chi connectivity index (χ2n) is 5.18. The van der Waals surface area contributed by atoms with Crippen molar-refractivity contribution in [3.63, 3.8) is 0 Å². The Morgan fingerprint density at radius 1 is 1.22 bits per heavy atom. The van der Waals surface area contributed by atoms with Crippen LogP contribution < -0.4 is 16.4 Å². The molecule has 2 aromatic heterocycles. The third-order valence-electron chi connectivity index (χ3n) is 3.53. The maximum Gasteiger partial charge on any atom is 0.273 e. The number of aromatic nitrogens is 2. The monoisotopic (exact) mass is 313 g/mol. The molecule has 0 aliphatic carbocycles. The minimum atomic E-state index is -0.416. The Balaban J connectivity index is 1.84. The zero-order valence-corrected chi connectivity index (χ0v) is 12.4. The summed E-state index contributed by atoms with van der Waals surface area (Å²) in [6, 6.07) is 9.62. The molecular formula is C16H15N3O4. The molecule has 1 amide bonds. The zero-order chi connectivity index (χ0) is 16.4. The van der Waals surface area contributed by atoms with Gasteiger partial charge in [-0.1, -0.05) is 12.1 Å². The summed E-state index contributed by atoms with van der Waals surface area (Å²) in [7, 11) is 0. The predicted octanol–water partition coefficient (Wildman–Crippen LogP) is 1.16. The molecule has 7 nitrogen and oxygen atoms in total. The number of nitrogens with zero attached hydrogens (tertiary/aromatic N) is 1. The number of carbonyl (C=O) groups excluding carboxylic acids is 1. The fourth-order valence-corrected chi connectivity index (χ4v) is 2.40. The number of carbonyl (C=O) groups is 1. The molecule has 3 rings (SSSR count). The van der Waals surface area contributed by atoms with Crippen LogP contribution in [0.25, 0.3) is 10.8 Å². The highest BCUT2D eigenvalue weighted by Crippen LogP contribution is 2.11. The second-order valence-corrected chi connectivity index (χ2v) is 5.18. The van der Waals surface area contributed by atoms with Gasteiger partial charge in [-0.2, -0.15) is 0 Å². The number of rotatable bonds is 4. The quantitative estimate of drug-likeness (QED) is 0.755. The van der Waals surface area contributed by atoms with Crippen LogP contribution in [0, 0.1) is 0 Å². The average Bonchev–Trinajstić information content (AvgIpc) is 3.07. The average molecular weight is 313 g/mol. The number of hydrogen-bond acceptors (Lipinski definition) is 4. The molecule has 23 heavy (non-hydrogen) atoms. The summed E-state index contributed by atoms with van der Waals surface area (Å²) in [5.74, 6) is 0.208. The third-order valence-corrected chi connectivity index (χ3v) is 3.53. The number of fused-ring (bicyclic) bond motifs is 1. The van der Waals surface area contributed by atoms with E-state index in [9.17, 15) is 14.4 Å². The first-order chi connectivity index (χ1) is 11.1. The molecule has 2 N–H and O–H groups in total. The van der Waals surface area contributed by atoms with Gasteiger partial charge in [0.15, 0.2) is 0 Å². The van der Waals surface area contributed by atoms with Gasteiger partial charge in [0.2, 0.25) is 5.91 Å². The Morgan fingerprint density at radius 3 is 2.65 bits per heavy atom. The normalized spacial score (nSPS) is 12.2. The van der Waals surface area contributed by atoms with Gasteiger partial charge in [-0.25, -0.2) is 4.68 Å². The van der Waals surface area contributed by atoms with Crippen molar-refractivity contribution >= 4 is 16.7 Å². The van der Waals surface area contributed by atoms with Gasteiger partial charge in [-0.15, -0.1) is 0 Å². The summed E-state index contributed by atoms with van der Waals surface area (Å²) in [5, 5.41) is 5.72. The van der Waals surface area contributed by atoms with E-state index in [-0.39, 0.29) is 18.0 Å². The Hall–Kier alpha value is -3.09. The van der Waals surface area contributed by atoms with Crippen molar-refractivity contribution in [2.24, 2.45) is 0 Å². The van der Waals surface area contributed by atoms with Crippen LogP contribution in [0.3, 0.4) is 0 Å². The largest absolute Gasteiger partial charge is 0.467 e. The van der Waals surface area contributed by atoms with E-state index in [0.717, 1.165) is 4.68 Å². The van der Waals surface area contributed by atoms with E-state index in [0.29, 0.717) is 11.1 Å². The van der Waals surface area contributed by atoms with Crippen molar-refractivity contribution < 1.29 is 9.21 Å². The predicted molar refractivity (Wildman–Crippen MR) is 84.1 cm³/mol. The number of H-pyrrole nitrogens is 1. The maximum absolute atomic E-state index is 12.3. The van der Waals surface area contributed by atoms with E-state index in [1.165, 1.54) is 6.26 Å². The van der Waals surface area contributed by atoms with Crippen LogP contribution in [0.5, 0.6) is 0 Å². The van der Waals surface area contributed by atoms with Crippen LogP contribution in [0.1, 0.15) is 18.7 Å². The minimum absolute atomic E-state index is 0.274. The molecular weight excluding hydrogens is 298 g/mol. The molecule has 0 spiro atoms. The van der Waals surface area contributed by atoms with Crippen LogP contribution in [0.4, 0.5) is 0 Å². The van der Waals surface area contributed by atoms with Gasteiger partial charge in [0.25, 0.3) is 11.1 Å². The lowest BCUT2D eigenvalue weighted by atomic mass is 10.2. The lowest BCUT2D eigenvalue weighted by Gasteiger charge is -2.12. The molecule has 0 fully saturated rings. The molecule has 3 aromatic rings. The fraction of sp³-hybridized carbons (Fsp3) is 0.188. The van der Waals surface area contributed by atoms with Crippen molar-refractivity contribution in [2.75, 3.05) is 0 Å². The molecule has 0 aliphatic rings. The number of aromatic amines is 1. The lowest BCUT2D eigenvalue weighted by Crippen LogP contribution is -2.37. The standard InChI is InChI=1S/C16H15N3O4/c1-10(13-7-4-8-23-13)17-14(20)9-19-16(22)12-6-3-2-5-11(12)15(21)18-19/h2-8,10H,9H2,1H3,(H,17,20)(H,18,21)/t10-/m1/s1. The van der Waals surface area contributed by atoms with Crippen molar-refractivity contribution in [3.8, 4) is 0 Å². The SMILES string of the molecule is C[C@@H](NC(=O)Cn1[nH]c(=O)c2ccccc2c1=O)c1ccco1. The number of furan rings is 1. The zero-order valence-electron chi connectivity index (χ0n) is 12.4. The van der Waals surface area contributed by atoms with E-state index in [2.05, 4.69) is 10.4 Å². The first-order valence-electron chi connectivity index (χ1n) is 7.11. The van der Waals surface area contributed by atoms with Gasteiger partial charge in [0, 0.05) is 0 Å². The van der Waals surface area contributed by atoms with Crippen molar-refractivity contribution in [1.29, 1.82) is 0 Å². The van der Waals surface area contributed by atoms with E-state index < -0.39 is 17.0 Å². The Kier molecular flexibility index (Phi) is 3.84. The van der Waals surface area contributed by atoms with Gasteiger partial charge >= 0.3 is 0 Å². The van der Waals surface area contributed by atoms with Crippen LogP contribution >= 0.6 is 0 Å². The van der Waals surface area contributed by atoms with E-state index >= 15 is 0 Å². The molecule has 118 valence electrons. The molecule has 0 saturated carbocycles. The van der Waals surface area contributed by atoms with Crippen molar-refractivity contribution in [1.82, 2.24) is 15.1 Å². The number of hydrogen-bond donors (Lipinski definition) is 2. The van der Waals surface area contributed by atoms with Crippen LogP contribution in [0.15, 0.2) is 56.7 Å². The molecule has 0 saturated heterocycles. The van der Waals surface area contributed by atoms with Crippen LogP contribution in [-0.2, 0) is 11.3 Å². The van der Waals surface area contributed by atoms with Gasteiger partial charge < -0.3 is 9.73 Å². The Morgan fingerprint density at radius 2 is 1.96 bits per heavy atom. The molecule has 0 bridgehead atoms. The highest BCUT2D eigenvalue weighted by Gasteiger charge is 2.14. The van der Waals surface area contributed by atoms with Gasteiger partial charge in [0.1, 0.15) is 12.3 Å². The molecule has 0 aliphatic heterocycles. The molecule has 0 unspecified atom stereocenters. The summed E-state index contributed by atoms with van der Waals surface area (Å²) in [5.41, 5.74) is -0.826. The van der Waals surface area contributed by atoms with Crippen LogP contribution in [-0.4, -0.2) is 15.7 Å². The maximum atomic E-state index is 12.3. The highest BCUT2D eigenvalue weighted by molar-refractivity contribution is 5.81. The summed E-state index contributed by atoms with van der Waals surface area (Å²) in [4.78, 5) is 36.4. The van der Waals surface area contributed by atoms with E-state index in [1.807, 2.05) is 0 Å². The molecule has 2 heterocycles. The van der Waals surface area contributed by atoms with Gasteiger partial charge in [0.05, 0.1) is 23.1 Å². The summed E-state index contributed by atoms with van der Waals surface area (Å²) < 4.78 is 6.21. The fourth-order valence-electron chi connectivity index (χ4n) is 2.40. The Labute approximate surface area is 130 Å². The smallest absolute Gasteiger partial charge is 0.273 e. The summed E-state index contributed by atoms with van der Waals surface area (Å²) in [6.07, 6.45) is 1.52. The van der Waals surface area contributed by atoms with Crippen molar-refractivity contribution in [3.05, 3.63) is 69.1 Å². The van der Waals surface area contributed by atoms with E-state index in [1.54, 1.807) is 43.3 Å². The summed E-state index contributed by atoms with van der Waals surface area (Å²) >= 11 is 0. The van der Waals surface area contributed by atoms with Gasteiger partial charge in [-0.05, 0) is 31.2 Å². The number of nitrogens with one attached hydrogen (secondary N) is 2. The first-order valence-corrected chi connectivity index (χ1v) is 7.11. The molecule has 1 atom stereocenters. The third kappa shape index (κ3) is 2.94. The van der Waals surface area contributed by atoms with Gasteiger partial charge in [-0.3, -0.25) is 19.5 Å². The second kappa shape index (κ2) is 5.96. The Bertz CT molecular complexity index is 953. The topological polar surface area (TPSA) is 97.1 Å². The highest BCUT2D eigenvalue weighted by atomic mass is 16.3. The lowest BCUT2D eigenvalue weighted by molar-refractivity contribution is -0.122. The van der Waals surface area contributed by atoms with Crippen molar-refractivity contribution in [2.45, 2.75) is 19.5 Å².